The van der Waals surface area contributed by atoms with Gasteiger partial charge in [0.05, 0.1) is 0 Å². The Balaban J connectivity index is 2.69. The number of rotatable bonds is 3. The first kappa shape index (κ1) is 11.1. The highest BCUT2D eigenvalue weighted by Gasteiger charge is 2.05. The number of amides is 1. The lowest BCUT2D eigenvalue weighted by Gasteiger charge is -2.03. The van der Waals surface area contributed by atoms with E-state index in [1.165, 1.54) is 13.0 Å². The van der Waals surface area contributed by atoms with Gasteiger partial charge in [0, 0.05) is 11.9 Å². The van der Waals surface area contributed by atoms with Crippen LogP contribution >= 0.6 is 0 Å². The first-order valence-corrected chi connectivity index (χ1v) is 4.51. The summed E-state index contributed by atoms with van der Waals surface area (Å²) in [7, 11) is 0. The Morgan fingerprint density at radius 1 is 1.33 bits per heavy atom. The van der Waals surface area contributed by atoms with Gasteiger partial charge in [0.25, 0.3) is 5.91 Å². The second-order valence-corrected chi connectivity index (χ2v) is 3.11. The molecule has 0 fully saturated rings. The molecule has 0 aliphatic rings. The normalized spacial score (nSPS) is 10.9. The summed E-state index contributed by atoms with van der Waals surface area (Å²) >= 11 is 0. The molecule has 4 heteroatoms. The molecule has 1 aromatic rings. The third kappa shape index (κ3) is 3.72. The van der Waals surface area contributed by atoms with E-state index >= 15 is 0 Å². The molecule has 0 bridgehead atoms. The summed E-state index contributed by atoms with van der Waals surface area (Å²) in [5.41, 5.74) is 0.840. The highest BCUT2D eigenvalue weighted by molar-refractivity contribution is 5.94. The van der Waals surface area contributed by atoms with Crippen LogP contribution in [0.15, 0.2) is 36.2 Å². The number of carbonyl (C=O) groups excluding carboxylic acids is 2. The number of aromatic nitrogens is 1. The molecule has 0 aromatic carbocycles. The molecule has 15 heavy (non-hydrogen) atoms. The Kier molecular flexibility index (Phi) is 3.74. The third-order valence-corrected chi connectivity index (χ3v) is 1.63. The van der Waals surface area contributed by atoms with Crippen LogP contribution in [0, 0.1) is 0 Å². The van der Waals surface area contributed by atoms with Crippen molar-refractivity contribution in [3.8, 4) is 0 Å². The van der Waals surface area contributed by atoms with Gasteiger partial charge in [-0.25, -0.2) is 0 Å². The van der Waals surface area contributed by atoms with Crippen LogP contribution in [0.2, 0.25) is 0 Å². The van der Waals surface area contributed by atoms with E-state index in [2.05, 4.69) is 10.3 Å². The minimum atomic E-state index is -0.314. The maximum atomic E-state index is 11.5. The molecule has 1 amide bonds. The fourth-order valence-corrected chi connectivity index (χ4v) is 1.08. The van der Waals surface area contributed by atoms with E-state index in [0.29, 0.717) is 11.4 Å². The molecule has 0 aliphatic carbocycles. The molecule has 1 N–H and O–H groups in total. The van der Waals surface area contributed by atoms with Gasteiger partial charge in [0.15, 0.2) is 5.78 Å². The number of hydrogen-bond donors (Lipinski definition) is 1. The van der Waals surface area contributed by atoms with E-state index in [1.54, 1.807) is 31.3 Å². The average molecular weight is 204 g/mol. The van der Waals surface area contributed by atoms with E-state index in [4.69, 9.17) is 0 Å². The van der Waals surface area contributed by atoms with E-state index in [9.17, 15) is 9.59 Å². The number of ketones is 1. The van der Waals surface area contributed by atoms with Crippen molar-refractivity contribution < 1.29 is 9.59 Å². The molecule has 0 aliphatic heterocycles. The van der Waals surface area contributed by atoms with E-state index < -0.39 is 0 Å². The number of hydrogen-bond acceptors (Lipinski definition) is 3. The van der Waals surface area contributed by atoms with Crippen LogP contribution in [0.3, 0.4) is 0 Å². The minimum absolute atomic E-state index is 0.103. The third-order valence-electron chi connectivity index (χ3n) is 1.63. The number of nitrogens with one attached hydrogen (secondary N) is 1. The summed E-state index contributed by atoms with van der Waals surface area (Å²) in [5.74, 6) is -0.417. The van der Waals surface area contributed by atoms with Gasteiger partial charge >= 0.3 is 0 Å². The van der Waals surface area contributed by atoms with Crippen molar-refractivity contribution in [2.75, 3.05) is 0 Å². The van der Waals surface area contributed by atoms with Gasteiger partial charge in [-0.3, -0.25) is 14.6 Å². The topological polar surface area (TPSA) is 59.1 Å². The van der Waals surface area contributed by atoms with Crippen LogP contribution in [0.4, 0.5) is 0 Å². The molecular weight excluding hydrogens is 192 g/mol. The first-order valence-electron chi connectivity index (χ1n) is 4.51. The van der Waals surface area contributed by atoms with Gasteiger partial charge < -0.3 is 5.32 Å². The van der Waals surface area contributed by atoms with E-state index in [0.717, 1.165) is 0 Å². The summed E-state index contributed by atoms with van der Waals surface area (Å²) in [6.07, 6.45) is 2.90. The lowest BCUT2D eigenvalue weighted by molar-refractivity contribution is -0.112. The van der Waals surface area contributed by atoms with Gasteiger partial charge in [-0.15, -0.1) is 0 Å². The Labute approximate surface area is 88.0 Å². The molecule has 78 valence electrons. The smallest absolute Gasteiger partial charge is 0.273 e. The fourth-order valence-electron chi connectivity index (χ4n) is 1.08. The van der Waals surface area contributed by atoms with Gasteiger partial charge in [-0.05, 0) is 32.1 Å². The second-order valence-electron chi connectivity index (χ2n) is 3.11. The van der Waals surface area contributed by atoms with Crippen LogP contribution in [0.25, 0.3) is 0 Å². The molecule has 0 atom stereocenters. The molecule has 1 aromatic heterocycles. The molecule has 0 spiro atoms. The van der Waals surface area contributed by atoms with Crippen molar-refractivity contribution in [1.82, 2.24) is 10.3 Å². The van der Waals surface area contributed by atoms with Crippen molar-refractivity contribution >= 4 is 11.7 Å². The fraction of sp³-hybridized carbons (Fsp3) is 0.182. The number of nitrogens with zero attached hydrogens (tertiary/aromatic N) is 1. The largest absolute Gasteiger partial charge is 0.325 e. The molecule has 0 saturated heterocycles. The SMILES string of the molecule is CC(=O)/C=C(\C)NC(=O)c1ccccn1. The number of pyridine rings is 1. The Bertz CT molecular complexity index is 396. The maximum Gasteiger partial charge on any atom is 0.273 e. The lowest BCUT2D eigenvalue weighted by atomic mass is 10.3. The molecule has 1 rings (SSSR count). The summed E-state index contributed by atoms with van der Waals surface area (Å²) in [5, 5.41) is 2.57. The van der Waals surface area contributed by atoms with Gasteiger partial charge in [-0.2, -0.15) is 0 Å². The van der Waals surface area contributed by atoms with E-state index in [1.807, 2.05) is 0 Å². The summed E-state index contributed by atoms with van der Waals surface area (Å²) in [6, 6.07) is 5.07. The van der Waals surface area contributed by atoms with Gasteiger partial charge in [0.1, 0.15) is 5.69 Å². The average Bonchev–Trinajstić information content (AvgIpc) is 2.17. The van der Waals surface area contributed by atoms with Crippen molar-refractivity contribution in [3.63, 3.8) is 0 Å². The molecule has 0 unspecified atom stereocenters. The highest BCUT2D eigenvalue weighted by Crippen LogP contribution is 1.95. The summed E-state index contributed by atoms with van der Waals surface area (Å²) < 4.78 is 0. The van der Waals surface area contributed by atoms with Crippen LogP contribution in [-0.4, -0.2) is 16.7 Å². The Morgan fingerprint density at radius 2 is 2.07 bits per heavy atom. The van der Waals surface area contributed by atoms with Crippen LogP contribution in [-0.2, 0) is 4.79 Å². The standard InChI is InChI=1S/C11H12N2O2/c1-8(7-9(2)14)13-11(15)10-5-3-4-6-12-10/h3-7H,1-2H3,(H,13,15)/b8-7+. The van der Waals surface area contributed by atoms with Crippen molar-refractivity contribution in [2.24, 2.45) is 0 Å². The number of allylic oxidation sites excluding steroid dienone is 2. The van der Waals surface area contributed by atoms with Crippen LogP contribution in [0.1, 0.15) is 24.3 Å². The molecule has 0 radical (unpaired) electrons. The maximum absolute atomic E-state index is 11.5. The zero-order valence-electron chi connectivity index (χ0n) is 8.65. The molecule has 1 heterocycles. The predicted molar refractivity (Wildman–Crippen MR) is 56.1 cm³/mol. The quantitative estimate of drug-likeness (QED) is 0.755. The van der Waals surface area contributed by atoms with Gasteiger partial charge in [-0.1, -0.05) is 6.07 Å². The zero-order valence-corrected chi connectivity index (χ0v) is 8.65. The predicted octanol–water partition coefficient (Wildman–Crippen LogP) is 1.30. The van der Waals surface area contributed by atoms with Crippen LogP contribution in [0.5, 0.6) is 0 Å². The van der Waals surface area contributed by atoms with Crippen molar-refractivity contribution in [3.05, 3.63) is 41.9 Å². The van der Waals surface area contributed by atoms with Crippen molar-refractivity contribution in [1.29, 1.82) is 0 Å². The lowest BCUT2D eigenvalue weighted by Crippen LogP contribution is -2.22. The summed E-state index contributed by atoms with van der Waals surface area (Å²) in [6.45, 7) is 3.08. The Hall–Kier alpha value is -1.97. The molecule has 4 nitrogen and oxygen atoms in total. The number of carbonyl (C=O) groups is 2. The minimum Gasteiger partial charge on any atom is -0.325 e. The van der Waals surface area contributed by atoms with Crippen LogP contribution < -0.4 is 5.32 Å². The van der Waals surface area contributed by atoms with Gasteiger partial charge in [0.2, 0.25) is 0 Å². The monoisotopic (exact) mass is 204 g/mol. The Morgan fingerprint density at radius 3 is 2.60 bits per heavy atom. The first-order chi connectivity index (χ1) is 7.09. The highest BCUT2D eigenvalue weighted by atomic mass is 16.2. The zero-order chi connectivity index (χ0) is 11.3. The molecule has 0 saturated carbocycles. The van der Waals surface area contributed by atoms with Crippen molar-refractivity contribution in [2.45, 2.75) is 13.8 Å². The second kappa shape index (κ2) is 5.05. The van der Waals surface area contributed by atoms with E-state index in [-0.39, 0.29) is 11.7 Å². The summed E-state index contributed by atoms with van der Waals surface area (Å²) in [4.78, 5) is 26.1. The molecular formula is C11H12N2O2.